The second kappa shape index (κ2) is 11.0. The lowest BCUT2D eigenvalue weighted by molar-refractivity contribution is 1.01. The Morgan fingerprint density at radius 3 is 1.27 bits per heavy atom. The number of hydrogen-bond acceptors (Lipinski definition) is 2. The van der Waals surface area contributed by atoms with E-state index < -0.39 is 0 Å². The molecule has 0 bridgehead atoms. The molecule has 0 spiro atoms. The summed E-state index contributed by atoms with van der Waals surface area (Å²) in [5.41, 5.74) is 9.78. The van der Waals surface area contributed by atoms with E-state index in [1.807, 2.05) is 6.07 Å². The van der Waals surface area contributed by atoms with E-state index in [0.717, 1.165) is 33.2 Å². The molecule has 0 saturated carbocycles. The van der Waals surface area contributed by atoms with Crippen LogP contribution in [0.5, 0.6) is 0 Å². The molecule has 0 saturated heterocycles. The normalized spacial score (nSPS) is 11.7. The quantitative estimate of drug-likeness (QED) is 0.195. The van der Waals surface area contributed by atoms with Crippen molar-refractivity contribution in [2.45, 2.75) is 0 Å². The summed E-state index contributed by atoms with van der Waals surface area (Å²) in [5.74, 6) is 0.654. The van der Waals surface area contributed by atoms with Gasteiger partial charge in [0, 0.05) is 21.7 Å². The molecule has 3 heteroatoms. The molecule has 8 aromatic carbocycles. The highest BCUT2D eigenvalue weighted by molar-refractivity contribution is 6.31. The van der Waals surface area contributed by atoms with Gasteiger partial charge >= 0.3 is 0 Å². The van der Waals surface area contributed by atoms with E-state index in [0.29, 0.717) is 5.95 Å². The fourth-order valence-electron chi connectivity index (χ4n) is 7.64. The van der Waals surface area contributed by atoms with E-state index in [4.69, 9.17) is 9.97 Å². The lowest BCUT2D eigenvalue weighted by atomic mass is 9.92. The zero-order valence-corrected chi connectivity index (χ0v) is 26.6. The van der Waals surface area contributed by atoms with Crippen molar-refractivity contribution in [2.24, 2.45) is 0 Å². The average molecular weight is 624 g/mol. The molecule has 0 fully saturated rings. The van der Waals surface area contributed by atoms with Crippen LogP contribution in [0.4, 0.5) is 0 Å². The van der Waals surface area contributed by atoms with Gasteiger partial charge in [0.25, 0.3) is 0 Å². The monoisotopic (exact) mass is 623 g/mol. The Bertz CT molecular complexity index is 2720. The number of rotatable bonds is 4. The number of hydrogen-bond donors (Lipinski definition) is 0. The number of nitrogens with zero attached hydrogens (tertiary/aromatic N) is 3. The van der Waals surface area contributed by atoms with Gasteiger partial charge in [0.15, 0.2) is 0 Å². The lowest BCUT2D eigenvalue weighted by Gasteiger charge is -2.14. The second-order valence-corrected chi connectivity index (χ2v) is 12.6. The highest BCUT2D eigenvalue weighted by Gasteiger charge is 2.23. The molecule has 2 aromatic heterocycles. The molecule has 49 heavy (non-hydrogen) atoms. The summed E-state index contributed by atoms with van der Waals surface area (Å²) in [4.78, 5) is 10.8. The van der Waals surface area contributed by atoms with Crippen LogP contribution < -0.4 is 0 Å². The van der Waals surface area contributed by atoms with Crippen LogP contribution in [0, 0.1) is 0 Å². The minimum Gasteiger partial charge on any atom is -0.278 e. The van der Waals surface area contributed by atoms with Crippen molar-refractivity contribution < 1.29 is 0 Å². The fourth-order valence-corrected chi connectivity index (χ4v) is 7.64. The van der Waals surface area contributed by atoms with Crippen LogP contribution >= 0.6 is 0 Å². The van der Waals surface area contributed by atoms with Gasteiger partial charge in [0.2, 0.25) is 5.95 Å². The maximum absolute atomic E-state index is 5.43. The van der Waals surface area contributed by atoms with Crippen molar-refractivity contribution in [3.8, 4) is 39.5 Å². The number of fused-ring (bicyclic) bond motifs is 8. The summed E-state index contributed by atoms with van der Waals surface area (Å²) in [7, 11) is 0. The average Bonchev–Trinajstić information content (AvgIpc) is 3.52. The summed E-state index contributed by atoms with van der Waals surface area (Å²) < 4.78 is 2.31. The Hall–Kier alpha value is -6.58. The molecule has 3 nitrogen and oxygen atoms in total. The topological polar surface area (TPSA) is 30.7 Å². The molecule has 0 aliphatic heterocycles. The van der Waals surface area contributed by atoms with Crippen LogP contribution in [-0.4, -0.2) is 14.5 Å². The van der Waals surface area contributed by atoms with Gasteiger partial charge in [0.05, 0.1) is 22.2 Å². The van der Waals surface area contributed by atoms with E-state index in [2.05, 4.69) is 174 Å². The van der Waals surface area contributed by atoms with E-state index in [9.17, 15) is 0 Å². The molecule has 2 heterocycles. The van der Waals surface area contributed by atoms with Crippen molar-refractivity contribution in [1.29, 1.82) is 0 Å². The zero-order chi connectivity index (χ0) is 32.3. The molecule has 0 unspecified atom stereocenters. The third-order valence-corrected chi connectivity index (χ3v) is 9.79. The highest BCUT2D eigenvalue weighted by atomic mass is 15.2. The second-order valence-electron chi connectivity index (χ2n) is 12.6. The third-order valence-electron chi connectivity index (χ3n) is 9.79. The summed E-state index contributed by atoms with van der Waals surface area (Å²) in [6.45, 7) is 0. The van der Waals surface area contributed by atoms with Gasteiger partial charge in [-0.05, 0) is 62.0 Å². The maximum atomic E-state index is 5.43. The molecule has 10 rings (SSSR count). The van der Waals surface area contributed by atoms with Crippen molar-refractivity contribution in [1.82, 2.24) is 14.5 Å². The molecular formula is C46H29N3. The Morgan fingerprint density at radius 2 is 0.755 bits per heavy atom. The molecule has 0 amide bonds. The van der Waals surface area contributed by atoms with Crippen LogP contribution in [0.2, 0.25) is 0 Å². The Morgan fingerprint density at radius 1 is 0.347 bits per heavy atom. The zero-order valence-electron chi connectivity index (χ0n) is 26.6. The van der Waals surface area contributed by atoms with Gasteiger partial charge in [-0.25, -0.2) is 9.97 Å². The highest BCUT2D eigenvalue weighted by Crippen LogP contribution is 2.46. The summed E-state index contributed by atoms with van der Waals surface area (Å²) in [5, 5.41) is 8.32. The summed E-state index contributed by atoms with van der Waals surface area (Å²) >= 11 is 0. The van der Waals surface area contributed by atoms with Gasteiger partial charge in [-0.1, -0.05) is 158 Å². The van der Waals surface area contributed by atoms with Crippen LogP contribution in [0.3, 0.4) is 0 Å². The number of benzene rings is 8. The van der Waals surface area contributed by atoms with Crippen molar-refractivity contribution >= 4 is 54.3 Å². The largest absolute Gasteiger partial charge is 0.278 e. The molecule has 10 aromatic rings. The van der Waals surface area contributed by atoms with Crippen molar-refractivity contribution in [2.75, 3.05) is 0 Å². The van der Waals surface area contributed by atoms with Crippen LogP contribution in [0.25, 0.3) is 93.7 Å². The van der Waals surface area contributed by atoms with Crippen molar-refractivity contribution in [3.63, 3.8) is 0 Å². The molecule has 0 radical (unpaired) electrons. The van der Waals surface area contributed by atoms with Gasteiger partial charge in [0.1, 0.15) is 0 Å². The van der Waals surface area contributed by atoms with E-state index in [-0.39, 0.29) is 0 Å². The van der Waals surface area contributed by atoms with Crippen LogP contribution in [0.1, 0.15) is 0 Å². The standard InChI is InChI=1S/C46H29N3/c1-4-16-30(17-5-1)38-28-41-43(35-24-12-10-22-33(35)38)44-36-25-13-11-23-34(36)39(31-18-6-2-7-19-31)29-42(44)49(41)46-47-40-27-15-14-26-37(40)45(48-46)32-20-8-3-9-21-32/h1-29H. The molecule has 0 atom stereocenters. The number of aromatic nitrogens is 3. The van der Waals surface area contributed by atoms with Crippen molar-refractivity contribution in [3.05, 3.63) is 176 Å². The minimum absolute atomic E-state index is 0.654. The van der Waals surface area contributed by atoms with E-state index in [1.165, 1.54) is 54.6 Å². The molecular weight excluding hydrogens is 595 g/mol. The molecule has 0 N–H and O–H groups in total. The van der Waals surface area contributed by atoms with Crippen LogP contribution in [-0.2, 0) is 0 Å². The molecule has 0 aliphatic rings. The summed E-state index contributed by atoms with van der Waals surface area (Å²) in [6.07, 6.45) is 0. The van der Waals surface area contributed by atoms with Gasteiger partial charge < -0.3 is 0 Å². The minimum atomic E-state index is 0.654. The first kappa shape index (κ1) is 27.5. The van der Waals surface area contributed by atoms with Gasteiger partial charge in [-0.2, -0.15) is 0 Å². The molecule has 0 aliphatic carbocycles. The van der Waals surface area contributed by atoms with Gasteiger partial charge in [-0.3, -0.25) is 4.57 Å². The third kappa shape index (κ3) is 4.29. The Labute approximate surface area is 283 Å². The Balaban J connectivity index is 1.44. The SMILES string of the molecule is c1ccc(-c2nc(-n3c4cc(-c5ccccc5)c5ccccc5c4c4c5ccccc5c(-c5ccccc5)cc43)nc3ccccc23)cc1. The van der Waals surface area contributed by atoms with E-state index in [1.54, 1.807) is 0 Å². The lowest BCUT2D eigenvalue weighted by Crippen LogP contribution is -2.04. The van der Waals surface area contributed by atoms with E-state index >= 15 is 0 Å². The fraction of sp³-hybridized carbons (Fsp3) is 0. The summed E-state index contributed by atoms with van der Waals surface area (Å²) in [6, 6.07) is 62.5. The molecule has 228 valence electrons. The first-order valence-electron chi connectivity index (χ1n) is 16.7. The van der Waals surface area contributed by atoms with Crippen LogP contribution in [0.15, 0.2) is 176 Å². The maximum Gasteiger partial charge on any atom is 0.235 e. The smallest absolute Gasteiger partial charge is 0.235 e. The predicted octanol–water partition coefficient (Wildman–Crippen LogP) is 12.0. The van der Waals surface area contributed by atoms with Gasteiger partial charge in [-0.15, -0.1) is 0 Å². The Kier molecular flexibility index (Phi) is 6.18. The first-order valence-corrected chi connectivity index (χ1v) is 16.7. The predicted molar refractivity (Wildman–Crippen MR) is 205 cm³/mol. The number of para-hydroxylation sites is 1. The first-order chi connectivity index (χ1) is 24.3.